The van der Waals surface area contributed by atoms with Gasteiger partial charge < -0.3 is 4.74 Å². The Morgan fingerprint density at radius 2 is 2.17 bits per heavy atom. The molecule has 1 nitrogen and oxygen atoms in total. The van der Waals surface area contributed by atoms with E-state index in [-0.39, 0.29) is 5.60 Å². The molecule has 0 aromatic rings. The zero-order valence-electron chi connectivity index (χ0n) is 7.86. The van der Waals surface area contributed by atoms with E-state index in [4.69, 9.17) is 4.74 Å². The lowest BCUT2D eigenvalue weighted by Crippen LogP contribution is -2.21. The molecule has 0 N–H and O–H groups in total. The summed E-state index contributed by atoms with van der Waals surface area (Å²) in [6.07, 6.45) is 3.78. The molecular weight excluding hydrogens is 216 g/mol. The summed E-state index contributed by atoms with van der Waals surface area (Å²) in [5, 5.41) is 0.844. The Hall–Kier alpha value is -0.260. The second-order valence-electron chi connectivity index (χ2n) is 2.77. The van der Waals surface area contributed by atoms with Crippen LogP contribution in [0.25, 0.3) is 0 Å². The summed E-state index contributed by atoms with van der Waals surface area (Å²) < 4.78 is 5.39. The number of ether oxygens (including phenoxy) is 1. The zero-order valence-corrected chi connectivity index (χ0v) is 9.44. The highest BCUT2D eigenvalue weighted by Gasteiger charge is 2.11. The molecule has 0 saturated carbocycles. The molecule has 0 saturated heterocycles. The Kier molecular flexibility index (Phi) is 6.14. The Balaban J connectivity index is 3.99. The normalized spacial score (nSPS) is 11.3. The van der Waals surface area contributed by atoms with Gasteiger partial charge in [0.05, 0.1) is 0 Å². The van der Waals surface area contributed by atoms with Crippen molar-refractivity contribution in [3.63, 3.8) is 0 Å². The SMILES string of the molecule is CCOC(C)(C)C#CC=CCBr. The molecule has 0 aromatic heterocycles. The van der Waals surface area contributed by atoms with Crippen molar-refractivity contribution in [2.24, 2.45) is 0 Å². The molecule has 0 radical (unpaired) electrons. The van der Waals surface area contributed by atoms with E-state index in [0.717, 1.165) is 5.33 Å². The Bertz CT molecular complexity index is 196. The molecule has 0 unspecified atom stereocenters. The lowest BCUT2D eigenvalue weighted by Gasteiger charge is -2.16. The van der Waals surface area contributed by atoms with Crippen LogP contribution in [-0.2, 0) is 4.74 Å². The predicted molar refractivity (Wildman–Crippen MR) is 56.4 cm³/mol. The molecule has 0 bridgehead atoms. The average Bonchev–Trinajstić information content (AvgIpc) is 1.98. The van der Waals surface area contributed by atoms with Crippen LogP contribution >= 0.6 is 15.9 Å². The Morgan fingerprint density at radius 1 is 1.50 bits per heavy atom. The fourth-order valence-electron chi connectivity index (χ4n) is 0.716. The second-order valence-corrected chi connectivity index (χ2v) is 3.42. The first-order chi connectivity index (χ1) is 5.62. The van der Waals surface area contributed by atoms with Gasteiger partial charge in [-0.1, -0.05) is 33.8 Å². The van der Waals surface area contributed by atoms with Gasteiger partial charge in [0.1, 0.15) is 5.60 Å². The van der Waals surface area contributed by atoms with Gasteiger partial charge in [-0.15, -0.1) is 0 Å². The van der Waals surface area contributed by atoms with Crippen LogP contribution in [0.4, 0.5) is 0 Å². The van der Waals surface area contributed by atoms with Crippen LogP contribution in [0.1, 0.15) is 20.8 Å². The minimum absolute atomic E-state index is 0.328. The van der Waals surface area contributed by atoms with Crippen LogP contribution in [0, 0.1) is 11.8 Å². The van der Waals surface area contributed by atoms with Crippen molar-refractivity contribution in [1.29, 1.82) is 0 Å². The molecule has 0 aliphatic rings. The highest BCUT2D eigenvalue weighted by atomic mass is 79.9. The van der Waals surface area contributed by atoms with Crippen molar-refractivity contribution in [3.05, 3.63) is 12.2 Å². The van der Waals surface area contributed by atoms with Gasteiger partial charge in [-0.05, 0) is 26.8 Å². The van der Waals surface area contributed by atoms with Gasteiger partial charge in [0.2, 0.25) is 0 Å². The quantitative estimate of drug-likeness (QED) is 0.536. The fraction of sp³-hybridized carbons (Fsp3) is 0.600. The van der Waals surface area contributed by atoms with Crippen LogP contribution in [0.3, 0.4) is 0 Å². The summed E-state index contributed by atoms with van der Waals surface area (Å²) in [7, 11) is 0. The van der Waals surface area contributed by atoms with Crippen LogP contribution in [0.15, 0.2) is 12.2 Å². The third-order valence-electron chi connectivity index (χ3n) is 1.17. The van der Waals surface area contributed by atoms with Gasteiger partial charge in [0.15, 0.2) is 0 Å². The molecule has 12 heavy (non-hydrogen) atoms. The first-order valence-electron chi connectivity index (χ1n) is 4.00. The van der Waals surface area contributed by atoms with Gasteiger partial charge in [-0.25, -0.2) is 0 Å². The summed E-state index contributed by atoms with van der Waals surface area (Å²) in [5.41, 5.74) is -0.328. The van der Waals surface area contributed by atoms with E-state index in [2.05, 4.69) is 27.8 Å². The third-order valence-corrected chi connectivity index (χ3v) is 1.54. The summed E-state index contributed by atoms with van der Waals surface area (Å²) in [6.45, 7) is 6.60. The summed E-state index contributed by atoms with van der Waals surface area (Å²) in [4.78, 5) is 0. The van der Waals surface area contributed by atoms with Crippen molar-refractivity contribution >= 4 is 15.9 Å². The number of alkyl halides is 1. The number of hydrogen-bond donors (Lipinski definition) is 0. The summed E-state index contributed by atoms with van der Waals surface area (Å²) >= 11 is 3.27. The molecule has 2 heteroatoms. The van der Waals surface area contributed by atoms with Crippen molar-refractivity contribution in [1.82, 2.24) is 0 Å². The van der Waals surface area contributed by atoms with E-state index < -0.39 is 0 Å². The summed E-state index contributed by atoms with van der Waals surface area (Å²) in [6, 6.07) is 0. The van der Waals surface area contributed by atoms with Gasteiger partial charge in [-0.2, -0.15) is 0 Å². The van der Waals surface area contributed by atoms with Crippen molar-refractivity contribution in [3.8, 4) is 11.8 Å². The maximum Gasteiger partial charge on any atom is 0.123 e. The minimum atomic E-state index is -0.328. The van der Waals surface area contributed by atoms with E-state index in [9.17, 15) is 0 Å². The van der Waals surface area contributed by atoms with Gasteiger partial charge in [0.25, 0.3) is 0 Å². The lowest BCUT2D eigenvalue weighted by molar-refractivity contribution is 0.0362. The van der Waals surface area contributed by atoms with Crippen molar-refractivity contribution in [2.45, 2.75) is 26.4 Å². The number of halogens is 1. The minimum Gasteiger partial charge on any atom is -0.363 e. The molecule has 68 valence electrons. The Morgan fingerprint density at radius 3 is 2.67 bits per heavy atom. The van der Waals surface area contributed by atoms with Gasteiger partial charge in [0, 0.05) is 11.9 Å². The van der Waals surface area contributed by atoms with Gasteiger partial charge >= 0.3 is 0 Å². The van der Waals surface area contributed by atoms with Crippen LogP contribution < -0.4 is 0 Å². The molecule has 0 aliphatic heterocycles. The largest absolute Gasteiger partial charge is 0.363 e. The standard InChI is InChI=1S/C10H15BrO/c1-4-12-10(2,3)8-6-5-7-9-11/h5,7H,4,9H2,1-3H3. The van der Waals surface area contributed by atoms with E-state index in [1.54, 1.807) is 0 Å². The maximum atomic E-state index is 5.39. The average molecular weight is 231 g/mol. The molecule has 0 heterocycles. The number of rotatable bonds is 3. The molecule has 0 atom stereocenters. The fourth-order valence-corrected chi connectivity index (χ4v) is 0.903. The van der Waals surface area contributed by atoms with Crippen LogP contribution in [-0.4, -0.2) is 17.5 Å². The molecule has 0 fully saturated rings. The highest BCUT2D eigenvalue weighted by molar-refractivity contribution is 9.09. The molecule has 0 rings (SSSR count). The highest BCUT2D eigenvalue weighted by Crippen LogP contribution is 2.05. The second kappa shape index (κ2) is 6.28. The maximum absolute atomic E-state index is 5.39. The first-order valence-corrected chi connectivity index (χ1v) is 5.12. The molecule has 0 aromatic carbocycles. The smallest absolute Gasteiger partial charge is 0.123 e. The predicted octanol–water partition coefficient (Wildman–Crippen LogP) is 2.76. The Labute approximate surface area is 83.3 Å². The zero-order chi connectivity index (χ0) is 9.45. The van der Waals surface area contributed by atoms with Crippen molar-refractivity contribution < 1.29 is 4.74 Å². The van der Waals surface area contributed by atoms with Crippen molar-refractivity contribution in [2.75, 3.05) is 11.9 Å². The molecule has 0 amide bonds. The monoisotopic (exact) mass is 230 g/mol. The topological polar surface area (TPSA) is 9.23 Å². The first kappa shape index (κ1) is 11.7. The molecule has 0 spiro atoms. The van der Waals surface area contributed by atoms with Crippen LogP contribution in [0.2, 0.25) is 0 Å². The number of allylic oxidation sites excluding steroid dienone is 2. The molecule has 0 aliphatic carbocycles. The summed E-state index contributed by atoms with van der Waals surface area (Å²) in [5.74, 6) is 5.94. The number of hydrogen-bond acceptors (Lipinski definition) is 1. The lowest BCUT2D eigenvalue weighted by atomic mass is 10.1. The van der Waals surface area contributed by atoms with E-state index in [1.807, 2.05) is 32.9 Å². The van der Waals surface area contributed by atoms with E-state index in [0.29, 0.717) is 6.61 Å². The molecular formula is C10H15BrO. The van der Waals surface area contributed by atoms with Crippen LogP contribution in [0.5, 0.6) is 0 Å². The van der Waals surface area contributed by atoms with E-state index in [1.165, 1.54) is 0 Å². The van der Waals surface area contributed by atoms with Gasteiger partial charge in [-0.3, -0.25) is 0 Å². The van der Waals surface area contributed by atoms with E-state index >= 15 is 0 Å². The third kappa shape index (κ3) is 6.45.